The zero-order valence-electron chi connectivity index (χ0n) is 11.1. The molecular formula is C13H17N3O4. The fourth-order valence-corrected chi connectivity index (χ4v) is 1.42. The average Bonchev–Trinajstić information content (AvgIpc) is 2.47. The molecule has 0 radical (unpaired) electrons. The van der Waals surface area contributed by atoms with Gasteiger partial charge in [-0.15, -0.1) is 0 Å². The Hall–Kier alpha value is -2.57. The Morgan fingerprint density at radius 1 is 1.25 bits per heavy atom. The molecule has 7 heteroatoms. The van der Waals surface area contributed by atoms with Gasteiger partial charge in [0.05, 0.1) is 7.11 Å². The number of carbonyl (C=O) groups is 3. The lowest BCUT2D eigenvalue weighted by atomic mass is 10.3. The van der Waals surface area contributed by atoms with Gasteiger partial charge in [0, 0.05) is 24.8 Å². The summed E-state index contributed by atoms with van der Waals surface area (Å²) in [5, 5.41) is 7.38. The van der Waals surface area contributed by atoms with E-state index >= 15 is 0 Å². The van der Waals surface area contributed by atoms with Crippen molar-refractivity contribution in [3.63, 3.8) is 0 Å². The molecule has 108 valence electrons. The van der Waals surface area contributed by atoms with Crippen molar-refractivity contribution in [3.05, 3.63) is 24.3 Å². The van der Waals surface area contributed by atoms with Gasteiger partial charge in [-0.3, -0.25) is 14.4 Å². The first-order valence-corrected chi connectivity index (χ1v) is 6.07. The number of rotatable bonds is 7. The molecule has 7 nitrogen and oxygen atoms in total. The first-order valence-electron chi connectivity index (χ1n) is 6.07. The third-order valence-electron chi connectivity index (χ3n) is 2.40. The van der Waals surface area contributed by atoms with E-state index in [1.165, 1.54) is 7.11 Å². The predicted octanol–water partition coefficient (Wildman–Crippen LogP) is -0.114. The summed E-state index contributed by atoms with van der Waals surface area (Å²) in [6.45, 7) is 0.756. The maximum Gasteiger partial charge on any atom is 0.313 e. The maximum atomic E-state index is 11.6. The van der Waals surface area contributed by atoms with Crippen molar-refractivity contribution in [2.24, 2.45) is 0 Å². The fourth-order valence-electron chi connectivity index (χ4n) is 1.42. The molecule has 1 rings (SSSR count). The van der Waals surface area contributed by atoms with Crippen molar-refractivity contribution in [1.82, 2.24) is 10.6 Å². The van der Waals surface area contributed by atoms with E-state index in [4.69, 9.17) is 4.74 Å². The standard InChI is InChI=1S/C13H17N3O4/c1-20-11-5-2-4-10(8-11)16-13(19)12(18)15-7-3-6-14-9-17/h2,4-5,8-9H,3,6-7H2,1H3,(H,14,17)(H,15,18)(H,16,19). The zero-order chi connectivity index (χ0) is 14.8. The molecule has 20 heavy (non-hydrogen) atoms. The van der Waals surface area contributed by atoms with Crippen molar-refractivity contribution in [2.45, 2.75) is 6.42 Å². The van der Waals surface area contributed by atoms with Gasteiger partial charge < -0.3 is 20.7 Å². The van der Waals surface area contributed by atoms with Gasteiger partial charge in [0.1, 0.15) is 5.75 Å². The smallest absolute Gasteiger partial charge is 0.313 e. The molecule has 0 aliphatic rings. The summed E-state index contributed by atoms with van der Waals surface area (Å²) < 4.78 is 5.01. The van der Waals surface area contributed by atoms with Crippen molar-refractivity contribution in [1.29, 1.82) is 0 Å². The third-order valence-corrected chi connectivity index (χ3v) is 2.40. The van der Waals surface area contributed by atoms with Gasteiger partial charge in [-0.25, -0.2) is 0 Å². The quantitative estimate of drug-likeness (QED) is 0.368. The first kappa shape index (κ1) is 15.5. The molecule has 0 aromatic heterocycles. The van der Waals surface area contributed by atoms with Crippen LogP contribution in [0.2, 0.25) is 0 Å². The van der Waals surface area contributed by atoms with Gasteiger partial charge >= 0.3 is 11.8 Å². The predicted molar refractivity (Wildman–Crippen MR) is 73.3 cm³/mol. The highest BCUT2D eigenvalue weighted by Gasteiger charge is 2.12. The van der Waals surface area contributed by atoms with Crippen molar-refractivity contribution >= 4 is 23.9 Å². The molecule has 0 heterocycles. The summed E-state index contributed by atoms with van der Waals surface area (Å²) in [7, 11) is 1.51. The SMILES string of the molecule is COc1cccc(NC(=O)C(=O)NCCCNC=O)c1. The van der Waals surface area contributed by atoms with Crippen LogP contribution in [0, 0.1) is 0 Å². The molecule has 0 saturated carbocycles. The second-order valence-corrected chi connectivity index (χ2v) is 3.87. The topological polar surface area (TPSA) is 96.5 Å². The summed E-state index contributed by atoms with van der Waals surface area (Å²) in [4.78, 5) is 33.1. The highest BCUT2D eigenvalue weighted by atomic mass is 16.5. The summed E-state index contributed by atoms with van der Waals surface area (Å²) in [6.07, 6.45) is 1.13. The van der Waals surface area contributed by atoms with Crippen LogP contribution in [-0.2, 0) is 14.4 Å². The number of methoxy groups -OCH3 is 1. The van der Waals surface area contributed by atoms with Gasteiger partial charge in [-0.2, -0.15) is 0 Å². The largest absolute Gasteiger partial charge is 0.497 e. The molecule has 0 atom stereocenters. The lowest BCUT2D eigenvalue weighted by Crippen LogP contribution is -2.36. The second kappa shape index (κ2) is 8.52. The van der Waals surface area contributed by atoms with Crippen LogP contribution in [-0.4, -0.2) is 38.4 Å². The molecule has 3 N–H and O–H groups in total. The van der Waals surface area contributed by atoms with E-state index in [0.717, 1.165) is 0 Å². The molecule has 3 amide bonds. The summed E-state index contributed by atoms with van der Waals surface area (Å²) in [6, 6.07) is 6.70. The Labute approximate surface area is 116 Å². The molecule has 0 saturated heterocycles. The molecule has 0 unspecified atom stereocenters. The van der Waals surface area contributed by atoms with Crippen LogP contribution >= 0.6 is 0 Å². The molecule has 0 fully saturated rings. The normalized spacial score (nSPS) is 9.45. The van der Waals surface area contributed by atoms with Crippen molar-refractivity contribution in [2.75, 3.05) is 25.5 Å². The number of ether oxygens (including phenoxy) is 1. The molecule has 0 aliphatic heterocycles. The van der Waals surface area contributed by atoms with E-state index in [0.29, 0.717) is 37.4 Å². The van der Waals surface area contributed by atoms with Crippen LogP contribution in [0.4, 0.5) is 5.69 Å². The molecular weight excluding hydrogens is 262 g/mol. The van der Waals surface area contributed by atoms with Gasteiger partial charge in [-0.1, -0.05) is 6.07 Å². The molecule has 0 aliphatic carbocycles. The maximum absolute atomic E-state index is 11.6. The van der Waals surface area contributed by atoms with Gasteiger partial charge in [0.25, 0.3) is 0 Å². The fraction of sp³-hybridized carbons (Fsp3) is 0.308. The number of amides is 3. The van der Waals surface area contributed by atoms with Crippen molar-refractivity contribution in [3.8, 4) is 5.75 Å². The van der Waals surface area contributed by atoms with Crippen LogP contribution in [0.25, 0.3) is 0 Å². The van der Waals surface area contributed by atoms with Gasteiger partial charge in [0.2, 0.25) is 6.41 Å². The molecule has 1 aromatic carbocycles. The second-order valence-electron chi connectivity index (χ2n) is 3.87. The monoisotopic (exact) mass is 279 g/mol. The van der Waals surface area contributed by atoms with E-state index < -0.39 is 11.8 Å². The minimum Gasteiger partial charge on any atom is -0.497 e. The van der Waals surface area contributed by atoms with E-state index in [2.05, 4.69) is 16.0 Å². The highest BCUT2D eigenvalue weighted by Crippen LogP contribution is 2.16. The number of benzene rings is 1. The number of hydrogen-bond acceptors (Lipinski definition) is 4. The van der Waals surface area contributed by atoms with Gasteiger partial charge in [-0.05, 0) is 18.6 Å². The van der Waals surface area contributed by atoms with Crippen LogP contribution in [0.1, 0.15) is 6.42 Å². The lowest BCUT2D eigenvalue weighted by Gasteiger charge is -2.07. The van der Waals surface area contributed by atoms with E-state index in [9.17, 15) is 14.4 Å². The summed E-state index contributed by atoms with van der Waals surface area (Å²) >= 11 is 0. The Morgan fingerprint density at radius 3 is 2.75 bits per heavy atom. The molecule has 1 aromatic rings. The number of hydrogen-bond donors (Lipinski definition) is 3. The average molecular weight is 279 g/mol. The Bertz CT molecular complexity index is 476. The number of anilines is 1. The third kappa shape index (κ3) is 5.38. The zero-order valence-corrected chi connectivity index (χ0v) is 11.1. The Balaban J connectivity index is 2.37. The van der Waals surface area contributed by atoms with Crippen LogP contribution in [0.5, 0.6) is 5.75 Å². The first-order chi connectivity index (χ1) is 9.67. The molecule has 0 spiro atoms. The Morgan fingerprint density at radius 2 is 2.05 bits per heavy atom. The van der Waals surface area contributed by atoms with E-state index in [1.54, 1.807) is 24.3 Å². The van der Waals surface area contributed by atoms with E-state index in [-0.39, 0.29) is 0 Å². The molecule has 0 bridgehead atoms. The van der Waals surface area contributed by atoms with Crippen LogP contribution < -0.4 is 20.7 Å². The van der Waals surface area contributed by atoms with Gasteiger partial charge in [0.15, 0.2) is 0 Å². The number of nitrogens with one attached hydrogen (secondary N) is 3. The minimum absolute atomic E-state index is 0.311. The highest BCUT2D eigenvalue weighted by molar-refractivity contribution is 6.39. The lowest BCUT2D eigenvalue weighted by molar-refractivity contribution is -0.136. The summed E-state index contributed by atoms with van der Waals surface area (Å²) in [5.74, 6) is -0.885. The van der Waals surface area contributed by atoms with Crippen LogP contribution in [0.15, 0.2) is 24.3 Å². The number of carbonyl (C=O) groups excluding carboxylic acids is 3. The summed E-state index contributed by atoms with van der Waals surface area (Å²) in [5.41, 5.74) is 0.479. The Kier molecular flexibility index (Phi) is 6.60. The van der Waals surface area contributed by atoms with Crippen molar-refractivity contribution < 1.29 is 19.1 Å². The van der Waals surface area contributed by atoms with Crippen LogP contribution in [0.3, 0.4) is 0 Å². The minimum atomic E-state index is -0.749. The van der Waals surface area contributed by atoms with E-state index in [1.807, 2.05) is 0 Å².